The Bertz CT molecular complexity index is 573. The van der Waals surface area contributed by atoms with Crippen LogP contribution in [0.4, 0.5) is 5.69 Å². The van der Waals surface area contributed by atoms with Crippen molar-refractivity contribution in [2.45, 2.75) is 50.2 Å². The van der Waals surface area contributed by atoms with Crippen LogP contribution in [0.15, 0.2) is 24.3 Å². The first-order chi connectivity index (χ1) is 11.2. The Labute approximate surface area is 136 Å². The molecule has 0 radical (unpaired) electrons. The van der Waals surface area contributed by atoms with Gasteiger partial charge in [-0.05, 0) is 37.1 Å². The van der Waals surface area contributed by atoms with Crippen LogP contribution in [0.5, 0.6) is 5.75 Å². The van der Waals surface area contributed by atoms with Crippen molar-refractivity contribution in [2.24, 2.45) is 0 Å². The highest BCUT2D eigenvalue weighted by Gasteiger charge is 2.36. The molecule has 3 N–H and O–H groups in total. The Balaban J connectivity index is 1.55. The summed E-state index contributed by atoms with van der Waals surface area (Å²) in [6.45, 7) is 0. The van der Waals surface area contributed by atoms with E-state index in [2.05, 4.69) is 16.0 Å². The Morgan fingerprint density at radius 2 is 1.91 bits per heavy atom. The molecule has 6 nitrogen and oxygen atoms in total. The summed E-state index contributed by atoms with van der Waals surface area (Å²) in [6.07, 6.45) is 4.55. The molecule has 3 rings (SSSR count). The number of fused-ring (bicyclic) bond motifs is 1. The predicted octanol–water partition coefficient (Wildman–Crippen LogP) is 1.42. The van der Waals surface area contributed by atoms with Gasteiger partial charge in [-0.2, -0.15) is 0 Å². The lowest BCUT2D eigenvalue weighted by atomic mass is 9.87. The molecule has 2 aliphatic rings. The fraction of sp³-hybridized carbons (Fsp3) is 0.529. The Hall–Kier alpha value is -2.08. The van der Waals surface area contributed by atoms with Gasteiger partial charge < -0.3 is 20.7 Å². The number of nitrogens with one attached hydrogen (secondary N) is 3. The van der Waals surface area contributed by atoms with Crippen LogP contribution < -0.4 is 20.7 Å². The molecular weight excluding hydrogens is 294 g/mol. The molecule has 6 heteroatoms. The van der Waals surface area contributed by atoms with Crippen molar-refractivity contribution >= 4 is 17.5 Å². The molecule has 0 unspecified atom stereocenters. The highest BCUT2D eigenvalue weighted by Crippen LogP contribution is 2.22. The van der Waals surface area contributed by atoms with Crippen LogP contribution in [0.3, 0.4) is 0 Å². The largest absolute Gasteiger partial charge is 0.497 e. The average Bonchev–Trinajstić information content (AvgIpc) is 2.56. The summed E-state index contributed by atoms with van der Waals surface area (Å²) in [5.74, 6) is 0.495. The van der Waals surface area contributed by atoms with Crippen molar-refractivity contribution in [3.63, 3.8) is 0 Å². The van der Waals surface area contributed by atoms with Crippen LogP contribution >= 0.6 is 0 Å². The number of ether oxygens (including phenoxy) is 1. The number of carbonyl (C=O) groups is 2. The second-order valence-electron chi connectivity index (χ2n) is 6.21. The van der Waals surface area contributed by atoms with E-state index in [4.69, 9.17) is 4.74 Å². The van der Waals surface area contributed by atoms with Gasteiger partial charge in [0.1, 0.15) is 5.75 Å². The average molecular weight is 317 g/mol. The summed E-state index contributed by atoms with van der Waals surface area (Å²) >= 11 is 0. The number of piperazine rings is 1. The number of anilines is 1. The van der Waals surface area contributed by atoms with Crippen molar-refractivity contribution in [3.8, 4) is 5.75 Å². The van der Waals surface area contributed by atoms with Gasteiger partial charge in [0.05, 0.1) is 19.6 Å². The van der Waals surface area contributed by atoms with E-state index in [1.165, 1.54) is 6.42 Å². The van der Waals surface area contributed by atoms with Gasteiger partial charge in [-0.1, -0.05) is 12.8 Å². The fourth-order valence-corrected chi connectivity index (χ4v) is 3.34. The first-order valence-electron chi connectivity index (χ1n) is 8.16. The lowest BCUT2D eigenvalue weighted by Crippen LogP contribution is -2.65. The van der Waals surface area contributed by atoms with Gasteiger partial charge in [0.25, 0.3) is 0 Å². The van der Waals surface area contributed by atoms with Crippen molar-refractivity contribution in [1.82, 2.24) is 10.6 Å². The van der Waals surface area contributed by atoms with Gasteiger partial charge in [0.15, 0.2) is 0 Å². The molecule has 1 heterocycles. The van der Waals surface area contributed by atoms with E-state index in [0.29, 0.717) is 11.7 Å². The van der Waals surface area contributed by atoms with Crippen molar-refractivity contribution in [2.75, 3.05) is 12.4 Å². The number of amides is 2. The molecule has 124 valence electrons. The molecule has 1 aliphatic heterocycles. The van der Waals surface area contributed by atoms with Crippen LogP contribution in [0.1, 0.15) is 32.1 Å². The quantitative estimate of drug-likeness (QED) is 0.785. The topological polar surface area (TPSA) is 79.5 Å². The lowest BCUT2D eigenvalue weighted by molar-refractivity contribution is -0.129. The molecule has 3 atom stereocenters. The summed E-state index contributed by atoms with van der Waals surface area (Å²) < 4.78 is 5.08. The number of hydrogen-bond donors (Lipinski definition) is 3. The maximum Gasteiger partial charge on any atom is 0.237 e. The van der Waals surface area contributed by atoms with Crippen LogP contribution in [0.25, 0.3) is 0 Å². The minimum absolute atomic E-state index is 0.0713. The maximum absolute atomic E-state index is 12.2. The zero-order valence-corrected chi connectivity index (χ0v) is 13.3. The minimum Gasteiger partial charge on any atom is -0.497 e. The second-order valence-corrected chi connectivity index (χ2v) is 6.21. The van der Waals surface area contributed by atoms with Gasteiger partial charge in [-0.3, -0.25) is 9.59 Å². The molecule has 2 fully saturated rings. The summed E-state index contributed by atoms with van der Waals surface area (Å²) in [5, 5.41) is 9.22. The van der Waals surface area contributed by atoms with E-state index in [9.17, 15) is 9.59 Å². The minimum atomic E-state index is -0.451. The molecule has 1 saturated carbocycles. The number of hydrogen-bond acceptors (Lipinski definition) is 4. The summed E-state index contributed by atoms with van der Waals surface area (Å²) in [4.78, 5) is 24.3. The van der Waals surface area contributed by atoms with Crippen molar-refractivity contribution in [3.05, 3.63) is 24.3 Å². The summed E-state index contributed by atoms with van der Waals surface area (Å²) in [7, 11) is 1.60. The number of benzene rings is 1. The normalized spacial score (nSPS) is 26.8. The Morgan fingerprint density at radius 1 is 1.22 bits per heavy atom. The molecule has 0 spiro atoms. The zero-order chi connectivity index (χ0) is 16.2. The SMILES string of the molecule is COc1ccc(NC(=O)C[C@@H]2N[C@@H]3CCCC[C@@H]3NC2=O)cc1. The van der Waals surface area contributed by atoms with Crippen LogP contribution in [-0.4, -0.2) is 37.0 Å². The second kappa shape index (κ2) is 7.00. The van der Waals surface area contributed by atoms with E-state index < -0.39 is 6.04 Å². The molecule has 0 aromatic heterocycles. The van der Waals surface area contributed by atoms with Crippen LogP contribution in [0.2, 0.25) is 0 Å². The molecule has 1 aromatic rings. The van der Waals surface area contributed by atoms with Gasteiger partial charge in [0.2, 0.25) is 11.8 Å². The molecular formula is C17H23N3O3. The molecule has 1 aromatic carbocycles. The van der Waals surface area contributed by atoms with Crippen molar-refractivity contribution < 1.29 is 14.3 Å². The van der Waals surface area contributed by atoms with E-state index >= 15 is 0 Å². The van der Waals surface area contributed by atoms with Gasteiger partial charge in [-0.15, -0.1) is 0 Å². The van der Waals surface area contributed by atoms with E-state index in [-0.39, 0.29) is 24.3 Å². The summed E-state index contributed by atoms with van der Waals surface area (Å²) in [6, 6.07) is 7.19. The number of rotatable bonds is 4. The number of methoxy groups -OCH3 is 1. The van der Waals surface area contributed by atoms with Crippen molar-refractivity contribution in [1.29, 1.82) is 0 Å². The van der Waals surface area contributed by atoms with Crippen LogP contribution in [0, 0.1) is 0 Å². The lowest BCUT2D eigenvalue weighted by Gasteiger charge is -2.40. The Morgan fingerprint density at radius 3 is 2.61 bits per heavy atom. The highest BCUT2D eigenvalue weighted by molar-refractivity contribution is 5.95. The number of carbonyl (C=O) groups excluding carboxylic acids is 2. The first-order valence-corrected chi connectivity index (χ1v) is 8.16. The molecule has 1 saturated heterocycles. The van der Waals surface area contributed by atoms with Gasteiger partial charge >= 0.3 is 0 Å². The molecule has 1 aliphatic carbocycles. The monoisotopic (exact) mass is 317 g/mol. The van der Waals surface area contributed by atoms with E-state index in [1.54, 1.807) is 31.4 Å². The zero-order valence-electron chi connectivity index (χ0n) is 13.3. The van der Waals surface area contributed by atoms with Gasteiger partial charge in [0, 0.05) is 17.8 Å². The fourth-order valence-electron chi connectivity index (χ4n) is 3.34. The summed E-state index contributed by atoms with van der Waals surface area (Å²) in [5.41, 5.74) is 0.697. The third-order valence-electron chi connectivity index (χ3n) is 4.59. The highest BCUT2D eigenvalue weighted by atomic mass is 16.5. The van der Waals surface area contributed by atoms with E-state index in [0.717, 1.165) is 25.0 Å². The smallest absolute Gasteiger partial charge is 0.237 e. The molecule has 2 amide bonds. The van der Waals surface area contributed by atoms with E-state index in [1.807, 2.05) is 0 Å². The predicted molar refractivity (Wildman–Crippen MR) is 87.4 cm³/mol. The third-order valence-corrected chi connectivity index (χ3v) is 4.59. The van der Waals surface area contributed by atoms with Crippen LogP contribution in [-0.2, 0) is 9.59 Å². The molecule has 23 heavy (non-hydrogen) atoms. The van der Waals surface area contributed by atoms with Gasteiger partial charge in [-0.25, -0.2) is 0 Å². The Kier molecular flexibility index (Phi) is 4.81. The standard InChI is InChI=1S/C17H23N3O3/c1-23-12-8-6-11(7-9-12)18-16(21)10-15-17(22)20-14-5-3-2-4-13(14)19-15/h6-9,13-15,19H,2-5,10H2,1H3,(H,18,21)(H,20,22)/t13-,14+,15+/m1/s1. The maximum atomic E-state index is 12.2. The first kappa shape index (κ1) is 15.8. The third kappa shape index (κ3) is 3.82. The molecule has 0 bridgehead atoms.